The number of carbonyl (C=O) groups excluding carboxylic acids is 1. The second-order valence-corrected chi connectivity index (χ2v) is 5.01. The van der Waals surface area contributed by atoms with Gasteiger partial charge in [0.05, 0.1) is 6.04 Å². The van der Waals surface area contributed by atoms with E-state index in [-0.39, 0.29) is 18.6 Å². The van der Waals surface area contributed by atoms with Gasteiger partial charge in [-0.25, -0.2) is 0 Å². The predicted octanol–water partition coefficient (Wildman–Crippen LogP) is 1.02. The van der Waals surface area contributed by atoms with Crippen molar-refractivity contribution in [1.29, 1.82) is 0 Å². The predicted molar refractivity (Wildman–Crippen MR) is 74.9 cm³/mol. The fraction of sp³-hybridized carbons (Fsp3) is 0.533. The maximum atomic E-state index is 12.0. The Morgan fingerprint density at radius 2 is 2.16 bits per heavy atom. The lowest BCUT2D eigenvalue weighted by molar-refractivity contribution is -0.123. The zero-order valence-electron chi connectivity index (χ0n) is 11.1. The number of rotatable bonds is 5. The minimum Gasteiger partial charge on any atom is -0.396 e. The Balaban J connectivity index is 1.88. The lowest BCUT2D eigenvalue weighted by atomic mass is 9.86. The molecule has 0 radical (unpaired) electrons. The van der Waals surface area contributed by atoms with Gasteiger partial charge < -0.3 is 15.7 Å². The largest absolute Gasteiger partial charge is 0.396 e. The minimum atomic E-state index is -0.113. The molecule has 2 rings (SSSR count). The molecule has 104 valence electrons. The Kier molecular flexibility index (Phi) is 5.36. The van der Waals surface area contributed by atoms with Crippen molar-refractivity contribution in [1.82, 2.24) is 10.6 Å². The van der Waals surface area contributed by atoms with E-state index in [2.05, 4.69) is 22.8 Å². The van der Waals surface area contributed by atoms with E-state index in [1.807, 2.05) is 18.2 Å². The summed E-state index contributed by atoms with van der Waals surface area (Å²) < 4.78 is 0. The molecule has 4 heteroatoms. The number of amides is 1. The van der Waals surface area contributed by atoms with Crippen LogP contribution in [0.5, 0.6) is 0 Å². The quantitative estimate of drug-likeness (QED) is 0.694. The van der Waals surface area contributed by atoms with Crippen molar-refractivity contribution < 1.29 is 9.90 Å². The fourth-order valence-electron chi connectivity index (χ4n) is 2.56. The van der Waals surface area contributed by atoms with Gasteiger partial charge in [0.25, 0.3) is 0 Å². The Labute approximate surface area is 114 Å². The van der Waals surface area contributed by atoms with Crippen molar-refractivity contribution in [3.05, 3.63) is 35.9 Å². The number of nitrogens with one attached hydrogen (secondary N) is 2. The van der Waals surface area contributed by atoms with Crippen molar-refractivity contribution in [2.24, 2.45) is 0 Å². The highest BCUT2D eigenvalue weighted by Crippen LogP contribution is 2.27. The number of hydrogen-bond acceptors (Lipinski definition) is 3. The lowest BCUT2D eigenvalue weighted by Gasteiger charge is -2.29. The van der Waals surface area contributed by atoms with Crippen molar-refractivity contribution >= 4 is 5.91 Å². The van der Waals surface area contributed by atoms with Crippen molar-refractivity contribution in [3.8, 4) is 0 Å². The summed E-state index contributed by atoms with van der Waals surface area (Å²) in [6, 6.07) is 10.3. The summed E-state index contributed by atoms with van der Waals surface area (Å²) in [7, 11) is 0. The minimum absolute atomic E-state index is 0.0501. The average Bonchev–Trinajstić information content (AvgIpc) is 2.48. The molecule has 4 nitrogen and oxygen atoms in total. The maximum absolute atomic E-state index is 12.0. The molecule has 19 heavy (non-hydrogen) atoms. The van der Waals surface area contributed by atoms with E-state index in [9.17, 15) is 4.79 Å². The molecule has 0 saturated carbocycles. The van der Waals surface area contributed by atoms with Crippen LogP contribution in [0.1, 0.15) is 30.7 Å². The molecule has 2 atom stereocenters. The molecule has 1 aliphatic heterocycles. The van der Waals surface area contributed by atoms with Gasteiger partial charge in [0.1, 0.15) is 0 Å². The first kappa shape index (κ1) is 14.0. The first-order valence-corrected chi connectivity index (χ1v) is 6.98. The van der Waals surface area contributed by atoms with Gasteiger partial charge in [0.15, 0.2) is 0 Å². The van der Waals surface area contributed by atoms with E-state index in [0.717, 1.165) is 19.4 Å². The van der Waals surface area contributed by atoms with Gasteiger partial charge in [-0.3, -0.25) is 4.79 Å². The zero-order valence-corrected chi connectivity index (χ0v) is 11.1. The van der Waals surface area contributed by atoms with Crippen LogP contribution in [-0.2, 0) is 4.79 Å². The Bertz CT molecular complexity index is 394. The van der Waals surface area contributed by atoms with E-state index < -0.39 is 0 Å². The summed E-state index contributed by atoms with van der Waals surface area (Å²) in [6.07, 6.45) is 2.53. The molecule has 1 amide bonds. The summed E-state index contributed by atoms with van der Waals surface area (Å²) in [4.78, 5) is 12.0. The number of piperidine rings is 1. The van der Waals surface area contributed by atoms with Crippen LogP contribution in [0.25, 0.3) is 0 Å². The van der Waals surface area contributed by atoms with Gasteiger partial charge in [0, 0.05) is 13.2 Å². The number of carbonyl (C=O) groups is 1. The molecule has 0 aliphatic carbocycles. The van der Waals surface area contributed by atoms with Gasteiger partial charge in [-0.2, -0.15) is 0 Å². The summed E-state index contributed by atoms with van der Waals surface area (Å²) >= 11 is 0. The molecule has 1 heterocycles. The van der Waals surface area contributed by atoms with Gasteiger partial charge in [-0.15, -0.1) is 0 Å². The molecule has 1 aromatic rings. The van der Waals surface area contributed by atoms with Crippen LogP contribution < -0.4 is 10.6 Å². The third-order valence-electron chi connectivity index (χ3n) is 3.63. The van der Waals surface area contributed by atoms with Gasteiger partial charge >= 0.3 is 0 Å². The van der Waals surface area contributed by atoms with E-state index in [1.165, 1.54) is 5.56 Å². The summed E-state index contributed by atoms with van der Waals surface area (Å²) in [5.41, 5.74) is 1.32. The second kappa shape index (κ2) is 7.26. The van der Waals surface area contributed by atoms with Crippen LogP contribution in [0.4, 0.5) is 0 Å². The van der Waals surface area contributed by atoms with Crippen LogP contribution in [-0.4, -0.2) is 36.8 Å². The molecule has 1 saturated heterocycles. The normalized spacial score (nSPS) is 23.0. The lowest BCUT2D eigenvalue weighted by Crippen LogP contribution is -2.48. The van der Waals surface area contributed by atoms with Crippen molar-refractivity contribution in [2.45, 2.75) is 31.2 Å². The molecule has 0 aromatic heterocycles. The maximum Gasteiger partial charge on any atom is 0.237 e. The van der Waals surface area contributed by atoms with Crippen LogP contribution in [0, 0.1) is 0 Å². The Morgan fingerprint density at radius 3 is 2.89 bits per heavy atom. The molecule has 2 unspecified atom stereocenters. The van der Waals surface area contributed by atoms with E-state index in [0.29, 0.717) is 18.9 Å². The smallest absolute Gasteiger partial charge is 0.237 e. The number of aliphatic hydroxyl groups excluding tert-OH is 1. The highest BCUT2D eigenvalue weighted by molar-refractivity contribution is 5.81. The molecular formula is C15H22N2O2. The summed E-state index contributed by atoms with van der Waals surface area (Å²) in [5, 5.41) is 14.8. The SMILES string of the molecule is O=C(NCCCO)C1CC(c2ccccc2)CCN1. The Morgan fingerprint density at radius 1 is 1.37 bits per heavy atom. The van der Waals surface area contributed by atoms with Crippen LogP contribution in [0.15, 0.2) is 30.3 Å². The zero-order chi connectivity index (χ0) is 13.5. The van der Waals surface area contributed by atoms with Gasteiger partial charge in [-0.1, -0.05) is 30.3 Å². The summed E-state index contributed by atoms with van der Waals surface area (Å²) in [5.74, 6) is 0.505. The number of aliphatic hydroxyl groups is 1. The molecule has 0 spiro atoms. The van der Waals surface area contributed by atoms with Crippen LogP contribution >= 0.6 is 0 Å². The summed E-state index contributed by atoms with van der Waals surface area (Å²) in [6.45, 7) is 1.53. The molecule has 1 aromatic carbocycles. The monoisotopic (exact) mass is 262 g/mol. The third kappa shape index (κ3) is 4.04. The van der Waals surface area contributed by atoms with E-state index in [1.54, 1.807) is 0 Å². The average molecular weight is 262 g/mol. The second-order valence-electron chi connectivity index (χ2n) is 5.01. The molecule has 0 bridgehead atoms. The molecule has 1 fully saturated rings. The first-order valence-electron chi connectivity index (χ1n) is 6.98. The molecule has 1 aliphatic rings. The number of hydrogen-bond donors (Lipinski definition) is 3. The number of benzene rings is 1. The van der Waals surface area contributed by atoms with E-state index in [4.69, 9.17) is 5.11 Å². The molecule has 3 N–H and O–H groups in total. The van der Waals surface area contributed by atoms with Crippen molar-refractivity contribution in [3.63, 3.8) is 0 Å². The standard InChI is InChI=1S/C15H22N2O2/c18-10-4-8-17-15(19)14-11-13(7-9-16-14)12-5-2-1-3-6-12/h1-3,5-6,13-14,16,18H,4,7-11H2,(H,17,19). The van der Waals surface area contributed by atoms with Crippen LogP contribution in [0.3, 0.4) is 0 Å². The highest BCUT2D eigenvalue weighted by Gasteiger charge is 2.27. The third-order valence-corrected chi connectivity index (χ3v) is 3.63. The highest BCUT2D eigenvalue weighted by atomic mass is 16.3. The molecular weight excluding hydrogens is 240 g/mol. The fourth-order valence-corrected chi connectivity index (χ4v) is 2.56. The van der Waals surface area contributed by atoms with Crippen LogP contribution in [0.2, 0.25) is 0 Å². The van der Waals surface area contributed by atoms with Gasteiger partial charge in [-0.05, 0) is 37.3 Å². The van der Waals surface area contributed by atoms with E-state index >= 15 is 0 Å². The Hall–Kier alpha value is -1.39. The first-order chi connectivity index (χ1) is 9.31. The van der Waals surface area contributed by atoms with Gasteiger partial charge in [0.2, 0.25) is 5.91 Å². The van der Waals surface area contributed by atoms with Crippen molar-refractivity contribution in [2.75, 3.05) is 19.7 Å². The topological polar surface area (TPSA) is 61.4 Å².